The summed E-state index contributed by atoms with van der Waals surface area (Å²) in [7, 11) is 0. The number of nitrogens with zero attached hydrogens (tertiary/aromatic N) is 2. The van der Waals surface area contributed by atoms with Crippen molar-refractivity contribution in [2.24, 2.45) is 0 Å². The fourth-order valence-corrected chi connectivity index (χ4v) is 5.54. The van der Waals surface area contributed by atoms with Crippen molar-refractivity contribution < 1.29 is 23.1 Å². The summed E-state index contributed by atoms with van der Waals surface area (Å²) in [5, 5.41) is 1.01. The first kappa shape index (κ1) is 22.9. The lowest BCUT2D eigenvalue weighted by atomic mass is 9.83. The second-order valence-corrected chi connectivity index (χ2v) is 9.70. The lowest BCUT2D eigenvalue weighted by molar-refractivity contribution is -0.0741. The monoisotopic (exact) mass is 506 g/mol. The Balaban J connectivity index is 1.31. The molecule has 1 amide bonds. The molecule has 5 nitrogen and oxygen atoms in total. The molecular weight excluding hydrogens is 486 g/mol. The van der Waals surface area contributed by atoms with Crippen molar-refractivity contribution in [1.29, 1.82) is 0 Å². The maximum Gasteiger partial charge on any atom is 0.262 e. The summed E-state index contributed by atoms with van der Waals surface area (Å²) in [6.07, 6.45) is 2.68. The molecule has 2 aliphatic rings. The molecule has 8 heteroatoms. The molecule has 0 unspecified atom stereocenters. The Hall–Kier alpha value is -3.55. The Labute approximate surface area is 210 Å². The SMILES string of the molecule is O=C(c1cn(C(=O)c2cccc(F)c2)c2cc(Cl)ccc12)N1CCC2(CC1)OCc1cc(F)ccc12. The van der Waals surface area contributed by atoms with E-state index < -0.39 is 17.3 Å². The largest absolute Gasteiger partial charge is 0.365 e. The highest BCUT2D eigenvalue weighted by Crippen LogP contribution is 2.44. The van der Waals surface area contributed by atoms with Gasteiger partial charge in [0.2, 0.25) is 0 Å². The van der Waals surface area contributed by atoms with E-state index in [1.807, 2.05) is 0 Å². The van der Waals surface area contributed by atoms with E-state index in [0.29, 0.717) is 54.0 Å². The third kappa shape index (κ3) is 3.70. The Morgan fingerprint density at radius 2 is 1.69 bits per heavy atom. The van der Waals surface area contributed by atoms with E-state index >= 15 is 0 Å². The van der Waals surface area contributed by atoms with Crippen molar-refractivity contribution in [3.8, 4) is 0 Å². The van der Waals surface area contributed by atoms with E-state index in [4.69, 9.17) is 16.3 Å². The van der Waals surface area contributed by atoms with Gasteiger partial charge in [-0.05, 0) is 66.4 Å². The van der Waals surface area contributed by atoms with Gasteiger partial charge in [-0.25, -0.2) is 8.78 Å². The third-order valence-corrected chi connectivity index (χ3v) is 7.44. The first-order valence-electron chi connectivity index (χ1n) is 11.7. The summed E-state index contributed by atoms with van der Waals surface area (Å²) < 4.78 is 34.9. The molecule has 1 saturated heterocycles. The Bertz CT molecular complexity index is 1540. The van der Waals surface area contributed by atoms with E-state index in [2.05, 4.69) is 0 Å². The second-order valence-electron chi connectivity index (χ2n) is 9.27. The molecule has 0 radical (unpaired) electrons. The van der Waals surface area contributed by atoms with Gasteiger partial charge in [-0.1, -0.05) is 29.8 Å². The second kappa shape index (κ2) is 8.54. The van der Waals surface area contributed by atoms with Crippen molar-refractivity contribution >= 4 is 34.3 Å². The van der Waals surface area contributed by atoms with Gasteiger partial charge >= 0.3 is 0 Å². The molecule has 1 aromatic heterocycles. The first-order valence-corrected chi connectivity index (χ1v) is 12.1. The van der Waals surface area contributed by atoms with Crippen LogP contribution in [0.3, 0.4) is 0 Å². The summed E-state index contributed by atoms with van der Waals surface area (Å²) in [4.78, 5) is 28.6. The van der Waals surface area contributed by atoms with Crippen LogP contribution in [0.5, 0.6) is 0 Å². The van der Waals surface area contributed by atoms with Gasteiger partial charge in [-0.3, -0.25) is 14.2 Å². The average molecular weight is 507 g/mol. The van der Waals surface area contributed by atoms with Crippen LogP contribution in [0.4, 0.5) is 8.78 Å². The van der Waals surface area contributed by atoms with E-state index in [1.165, 1.54) is 41.1 Å². The van der Waals surface area contributed by atoms with Crippen LogP contribution in [0.2, 0.25) is 5.02 Å². The number of amides is 1. The number of fused-ring (bicyclic) bond motifs is 3. The number of hydrogen-bond acceptors (Lipinski definition) is 3. The highest BCUT2D eigenvalue weighted by molar-refractivity contribution is 6.31. The Kier molecular flexibility index (Phi) is 5.43. The fourth-order valence-electron chi connectivity index (χ4n) is 5.37. The predicted octanol–water partition coefficient (Wildman–Crippen LogP) is 5.92. The number of carbonyl (C=O) groups excluding carboxylic acids is 2. The molecule has 0 saturated carbocycles. The maximum atomic E-state index is 13.8. The lowest BCUT2D eigenvalue weighted by Gasteiger charge is -2.39. The third-order valence-electron chi connectivity index (χ3n) is 7.21. The van der Waals surface area contributed by atoms with E-state index in [0.717, 1.165) is 17.2 Å². The van der Waals surface area contributed by atoms with Crippen molar-refractivity contribution in [1.82, 2.24) is 9.47 Å². The lowest BCUT2D eigenvalue weighted by Crippen LogP contribution is -2.45. The molecule has 36 heavy (non-hydrogen) atoms. The smallest absolute Gasteiger partial charge is 0.262 e. The Morgan fingerprint density at radius 1 is 0.917 bits per heavy atom. The number of aromatic nitrogens is 1. The summed E-state index contributed by atoms with van der Waals surface area (Å²) in [5.74, 6) is -1.47. The summed E-state index contributed by atoms with van der Waals surface area (Å²) in [6, 6.07) is 15.2. The highest BCUT2D eigenvalue weighted by atomic mass is 35.5. The highest BCUT2D eigenvalue weighted by Gasteiger charge is 2.43. The van der Waals surface area contributed by atoms with Crippen molar-refractivity contribution in [2.45, 2.75) is 25.0 Å². The van der Waals surface area contributed by atoms with Gasteiger partial charge in [0, 0.05) is 35.3 Å². The number of halogens is 3. The zero-order valence-electron chi connectivity index (χ0n) is 19.1. The van der Waals surface area contributed by atoms with Crippen LogP contribution >= 0.6 is 11.6 Å². The van der Waals surface area contributed by atoms with E-state index in [-0.39, 0.29) is 17.3 Å². The molecule has 182 valence electrons. The molecule has 4 aromatic rings. The van der Waals surface area contributed by atoms with Crippen LogP contribution in [0, 0.1) is 11.6 Å². The van der Waals surface area contributed by atoms with Crippen molar-refractivity contribution in [2.75, 3.05) is 13.1 Å². The van der Waals surface area contributed by atoms with Gasteiger partial charge in [0.05, 0.1) is 23.3 Å². The molecule has 3 heterocycles. The maximum absolute atomic E-state index is 13.8. The van der Waals surface area contributed by atoms with Gasteiger partial charge in [0.1, 0.15) is 11.6 Å². The van der Waals surface area contributed by atoms with Crippen molar-refractivity contribution in [3.63, 3.8) is 0 Å². The zero-order chi connectivity index (χ0) is 25.0. The fraction of sp³-hybridized carbons (Fsp3) is 0.214. The minimum atomic E-state index is -0.521. The zero-order valence-corrected chi connectivity index (χ0v) is 19.9. The summed E-state index contributed by atoms with van der Waals surface area (Å²) >= 11 is 6.21. The molecule has 2 aliphatic heterocycles. The molecule has 6 rings (SSSR count). The van der Waals surface area contributed by atoms with Crippen LogP contribution in [0.1, 0.15) is 44.7 Å². The average Bonchev–Trinajstić information content (AvgIpc) is 3.42. The van der Waals surface area contributed by atoms with Gasteiger partial charge in [0.15, 0.2) is 0 Å². The van der Waals surface area contributed by atoms with E-state index in [1.54, 1.807) is 29.2 Å². The number of hydrogen-bond donors (Lipinski definition) is 0. The normalized spacial score (nSPS) is 16.5. The molecule has 0 bridgehead atoms. The Morgan fingerprint density at radius 3 is 2.47 bits per heavy atom. The summed E-state index contributed by atoms with van der Waals surface area (Å²) in [5.41, 5.74) is 2.34. The quantitative estimate of drug-likeness (QED) is 0.339. The topological polar surface area (TPSA) is 51.5 Å². The molecule has 0 aliphatic carbocycles. The van der Waals surface area contributed by atoms with Crippen LogP contribution < -0.4 is 0 Å². The molecule has 3 aromatic carbocycles. The van der Waals surface area contributed by atoms with Crippen LogP contribution in [-0.4, -0.2) is 34.4 Å². The minimum Gasteiger partial charge on any atom is -0.365 e. The number of rotatable bonds is 2. The number of carbonyl (C=O) groups is 2. The molecule has 1 fully saturated rings. The standard InChI is InChI=1S/C28H21ClF2N2O3/c29-19-4-6-22-23(15-33(25(22)14-19)26(34)17-2-1-3-20(30)12-17)27(35)32-10-8-28(9-11-32)24-7-5-21(31)13-18(24)16-36-28/h1-7,12-15H,8-11,16H2. The molecule has 0 atom stereocenters. The minimum absolute atomic E-state index is 0.166. The molecular formula is C28H21ClF2N2O3. The van der Waals surface area contributed by atoms with E-state index in [9.17, 15) is 18.4 Å². The summed E-state index contributed by atoms with van der Waals surface area (Å²) in [6.45, 7) is 1.26. The van der Waals surface area contributed by atoms with Gasteiger partial charge < -0.3 is 9.64 Å². The number of ether oxygens (including phenoxy) is 1. The van der Waals surface area contributed by atoms with Gasteiger partial charge in [-0.2, -0.15) is 0 Å². The van der Waals surface area contributed by atoms with Gasteiger partial charge in [-0.15, -0.1) is 0 Å². The van der Waals surface area contributed by atoms with Crippen LogP contribution in [-0.2, 0) is 16.9 Å². The molecule has 1 spiro atoms. The van der Waals surface area contributed by atoms with Gasteiger partial charge in [0.25, 0.3) is 11.8 Å². The van der Waals surface area contributed by atoms with Crippen LogP contribution in [0.25, 0.3) is 10.9 Å². The van der Waals surface area contributed by atoms with Crippen LogP contribution in [0.15, 0.2) is 66.9 Å². The number of piperidine rings is 1. The molecule has 0 N–H and O–H groups in total. The predicted molar refractivity (Wildman–Crippen MR) is 131 cm³/mol. The first-order chi connectivity index (χ1) is 17.3. The number of benzene rings is 3. The van der Waals surface area contributed by atoms with Crippen molar-refractivity contribution in [3.05, 3.63) is 106 Å². The number of likely N-dealkylation sites (tertiary alicyclic amines) is 1.